The monoisotopic (exact) mass is 563 g/mol. The van der Waals surface area contributed by atoms with Gasteiger partial charge < -0.3 is 9.15 Å². The molecule has 1 aliphatic rings. The Kier molecular flexibility index (Phi) is 7.07. The molecular formula is C28H22ClN3O6S. The van der Waals surface area contributed by atoms with Crippen LogP contribution in [0, 0.1) is 17.0 Å². The predicted molar refractivity (Wildman–Crippen MR) is 147 cm³/mol. The van der Waals surface area contributed by atoms with Gasteiger partial charge in [0.25, 0.3) is 11.2 Å². The van der Waals surface area contributed by atoms with Gasteiger partial charge in [-0.05, 0) is 50.1 Å². The number of thiazole rings is 1. The van der Waals surface area contributed by atoms with E-state index in [1.807, 2.05) is 6.92 Å². The molecule has 0 N–H and O–H groups in total. The van der Waals surface area contributed by atoms with Crippen molar-refractivity contribution in [2.24, 2.45) is 4.99 Å². The number of carbonyl (C=O) groups is 1. The topological polar surface area (TPSA) is 117 Å². The molecule has 0 fully saturated rings. The van der Waals surface area contributed by atoms with Crippen molar-refractivity contribution in [1.29, 1.82) is 0 Å². The molecule has 3 heterocycles. The lowest BCUT2D eigenvalue weighted by molar-refractivity contribution is -0.384. The molecule has 1 aliphatic heterocycles. The van der Waals surface area contributed by atoms with Crippen molar-refractivity contribution in [2.75, 3.05) is 6.61 Å². The first-order valence-corrected chi connectivity index (χ1v) is 13.2. The zero-order valence-corrected chi connectivity index (χ0v) is 22.7. The second-order valence-electron chi connectivity index (χ2n) is 8.78. The smallest absolute Gasteiger partial charge is 0.338 e. The summed E-state index contributed by atoms with van der Waals surface area (Å²) in [5.41, 5.74) is 2.22. The van der Waals surface area contributed by atoms with E-state index in [9.17, 15) is 19.7 Å². The SMILES string of the molecule is CCOC(=O)C1=C(C)N=c2s/c(=C\c3ccc(-c4cc([N+](=O)[O-])ccc4C)o3)c(=O)n2[C@H]1c1ccccc1Cl. The first-order valence-electron chi connectivity index (χ1n) is 12.0. The molecule has 39 heavy (non-hydrogen) atoms. The van der Waals surface area contributed by atoms with Crippen LogP contribution < -0.4 is 14.9 Å². The van der Waals surface area contributed by atoms with Gasteiger partial charge in [-0.15, -0.1) is 0 Å². The van der Waals surface area contributed by atoms with Gasteiger partial charge in [-0.25, -0.2) is 9.79 Å². The minimum Gasteiger partial charge on any atom is -0.463 e. The van der Waals surface area contributed by atoms with Crippen LogP contribution in [0.5, 0.6) is 0 Å². The van der Waals surface area contributed by atoms with E-state index in [0.717, 1.165) is 16.9 Å². The molecule has 2 aromatic carbocycles. The fourth-order valence-corrected chi connectivity index (χ4v) is 5.74. The summed E-state index contributed by atoms with van der Waals surface area (Å²) in [7, 11) is 0. The lowest BCUT2D eigenvalue weighted by Crippen LogP contribution is -2.40. The summed E-state index contributed by atoms with van der Waals surface area (Å²) < 4.78 is 13.0. The van der Waals surface area contributed by atoms with Crippen LogP contribution in [0.1, 0.15) is 36.8 Å². The number of hydrogen-bond acceptors (Lipinski definition) is 8. The number of aromatic nitrogens is 1. The van der Waals surface area contributed by atoms with Crippen LogP contribution in [-0.4, -0.2) is 22.1 Å². The number of halogens is 1. The van der Waals surface area contributed by atoms with Crippen LogP contribution >= 0.6 is 22.9 Å². The number of aryl methyl sites for hydroxylation is 1. The molecule has 5 rings (SSSR count). The van der Waals surface area contributed by atoms with Crippen molar-refractivity contribution >= 4 is 40.7 Å². The van der Waals surface area contributed by atoms with Gasteiger partial charge >= 0.3 is 5.97 Å². The molecule has 4 aromatic rings. The Bertz CT molecular complexity index is 1850. The van der Waals surface area contributed by atoms with Crippen molar-refractivity contribution < 1.29 is 18.9 Å². The number of rotatable bonds is 6. The van der Waals surface area contributed by atoms with Crippen molar-refractivity contribution in [2.45, 2.75) is 26.8 Å². The fraction of sp³-hybridized carbons (Fsp3) is 0.179. The van der Waals surface area contributed by atoms with Crippen LogP contribution in [0.3, 0.4) is 0 Å². The molecule has 0 spiro atoms. The third kappa shape index (κ3) is 4.84. The Morgan fingerprint density at radius 2 is 2.00 bits per heavy atom. The lowest BCUT2D eigenvalue weighted by atomic mass is 9.96. The molecule has 9 nitrogen and oxygen atoms in total. The van der Waals surface area contributed by atoms with Gasteiger partial charge in [-0.2, -0.15) is 0 Å². The number of fused-ring (bicyclic) bond motifs is 1. The number of hydrogen-bond donors (Lipinski definition) is 0. The number of allylic oxidation sites excluding steroid dienone is 1. The second kappa shape index (κ2) is 10.5. The van der Waals surface area contributed by atoms with E-state index in [-0.39, 0.29) is 23.4 Å². The number of non-ortho nitro benzene ring substituents is 1. The molecular weight excluding hydrogens is 542 g/mol. The van der Waals surface area contributed by atoms with E-state index in [4.69, 9.17) is 20.8 Å². The van der Waals surface area contributed by atoms with Crippen LogP contribution in [-0.2, 0) is 9.53 Å². The molecule has 198 valence electrons. The summed E-state index contributed by atoms with van der Waals surface area (Å²) >= 11 is 7.69. The van der Waals surface area contributed by atoms with Crippen LogP contribution in [0.25, 0.3) is 17.4 Å². The molecule has 0 saturated carbocycles. The zero-order chi connectivity index (χ0) is 27.8. The first-order chi connectivity index (χ1) is 18.7. The average Bonchev–Trinajstić information content (AvgIpc) is 3.48. The van der Waals surface area contributed by atoms with E-state index in [0.29, 0.717) is 42.7 Å². The molecule has 2 aromatic heterocycles. The maximum Gasteiger partial charge on any atom is 0.338 e. The number of carbonyl (C=O) groups excluding carboxylic acids is 1. The number of nitrogens with zero attached hydrogens (tertiary/aromatic N) is 3. The maximum absolute atomic E-state index is 13.7. The summed E-state index contributed by atoms with van der Waals surface area (Å²) in [5.74, 6) is 0.252. The summed E-state index contributed by atoms with van der Waals surface area (Å²) in [6.07, 6.45) is 1.59. The number of nitro groups is 1. The van der Waals surface area contributed by atoms with Crippen LogP contribution in [0.4, 0.5) is 5.69 Å². The largest absolute Gasteiger partial charge is 0.463 e. The molecule has 1 atom stereocenters. The van der Waals surface area contributed by atoms with Crippen LogP contribution in [0.15, 0.2) is 80.1 Å². The Labute approximate surface area is 231 Å². The fourth-order valence-electron chi connectivity index (χ4n) is 4.48. The average molecular weight is 564 g/mol. The Hall–Kier alpha value is -4.28. The summed E-state index contributed by atoms with van der Waals surface area (Å²) in [4.78, 5) is 42.5. The molecule has 0 aliphatic carbocycles. The Morgan fingerprint density at radius 3 is 2.72 bits per heavy atom. The van der Waals surface area contributed by atoms with Crippen molar-refractivity contribution in [3.63, 3.8) is 0 Å². The zero-order valence-electron chi connectivity index (χ0n) is 21.1. The summed E-state index contributed by atoms with van der Waals surface area (Å²) in [6.45, 7) is 5.41. The first kappa shape index (κ1) is 26.3. The second-order valence-corrected chi connectivity index (χ2v) is 10.2. The van der Waals surface area contributed by atoms with E-state index in [2.05, 4.69) is 4.99 Å². The van der Waals surface area contributed by atoms with E-state index in [1.54, 1.807) is 62.4 Å². The van der Waals surface area contributed by atoms with E-state index >= 15 is 0 Å². The highest BCUT2D eigenvalue weighted by atomic mass is 35.5. The summed E-state index contributed by atoms with van der Waals surface area (Å²) in [5, 5.41) is 11.6. The van der Waals surface area contributed by atoms with Gasteiger partial charge in [0, 0.05) is 28.8 Å². The van der Waals surface area contributed by atoms with E-state index in [1.165, 1.54) is 16.7 Å². The molecule has 0 saturated heterocycles. The molecule has 0 radical (unpaired) electrons. The normalized spacial score (nSPS) is 15.2. The minimum absolute atomic E-state index is 0.0470. The standard InChI is InChI=1S/C28H22ClN3O6S/c1-4-37-27(34)24-16(3)30-28-31(25(24)19-7-5-6-8-21(19)29)26(33)23(39-28)14-18-11-12-22(38-18)20-13-17(32(35)36)10-9-15(20)2/h5-14,25H,4H2,1-3H3/b23-14-/t25-/m0/s1. The Morgan fingerprint density at radius 1 is 1.23 bits per heavy atom. The molecule has 0 bridgehead atoms. The Balaban J connectivity index is 1.64. The van der Waals surface area contributed by atoms with E-state index < -0.39 is 16.9 Å². The van der Waals surface area contributed by atoms with Gasteiger partial charge in [0.2, 0.25) is 0 Å². The third-order valence-corrected chi connectivity index (χ3v) is 7.64. The van der Waals surface area contributed by atoms with Crippen molar-refractivity contribution in [3.05, 3.63) is 118 Å². The highest BCUT2D eigenvalue weighted by Crippen LogP contribution is 2.34. The third-order valence-electron chi connectivity index (χ3n) is 6.31. The molecule has 0 amide bonds. The van der Waals surface area contributed by atoms with Gasteiger partial charge in [0.05, 0.1) is 27.3 Å². The molecule has 0 unspecified atom stereocenters. The number of ether oxygens (including phenoxy) is 1. The lowest BCUT2D eigenvalue weighted by Gasteiger charge is -2.25. The number of esters is 1. The number of furan rings is 1. The van der Waals surface area contributed by atoms with Gasteiger partial charge in [0.15, 0.2) is 4.80 Å². The highest BCUT2D eigenvalue weighted by Gasteiger charge is 2.34. The van der Waals surface area contributed by atoms with Gasteiger partial charge in [0.1, 0.15) is 17.6 Å². The predicted octanol–water partition coefficient (Wildman–Crippen LogP) is 4.93. The number of nitro benzene ring substituents is 1. The van der Waals surface area contributed by atoms with Gasteiger partial charge in [-0.3, -0.25) is 19.5 Å². The highest BCUT2D eigenvalue weighted by molar-refractivity contribution is 7.07. The number of benzene rings is 2. The summed E-state index contributed by atoms with van der Waals surface area (Å²) in [6, 6.07) is 14.1. The van der Waals surface area contributed by atoms with Gasteiger partial charge in [-0.1, -0.05) is 47.2 Å². The maximum atomic E-state index is 13.7. The minimum atomic E-state index is -0.823. The molecule has 11 heteroatoms. The quantitative estimate of drug-likeness (QED) is 0.186. The van der Waals surface area contributed by atoms with Crippen molar-refractivity contribution in [1.82, 2.24) is 4.57 Å². The van der Waals surface area contributed by atoms with Crippen LogP contribution in [0.2, 0.25) is 5.02 Å². The van der Waals surface area contributed by atoms with Crippen molar-refractivity contribution in [3.8, 4) is 11.3 Å².